The number of aryl methyl sites for hydroxylation is 1. The van der Waals surface area contributed by atoms with Crippen LogP contribution in [0, 0.1) is 0 Å². The summed E-state index contributed by atoms with van der Waals surface area (Å²) in [6.07, 6.45) is 1.59. The molecule has 1 amide bonds. The summed E-state index contributed by atoms with van der Waals surface area (Å²) in [4.78, 5) is 28.5. The lowest BCUT2D eigenvalue weighted by Crippen LogP contribution is -2.29. The van der Waals surface area contributed by atoms with Crippen LogP contribution < -0.4 is 19.1 Å². The molecule has 2 heterocycles. The molecule has 7 heteroatoms. The van der Waals surface area contributed by atoms with Crippen molar-refractivity contribution in [2.75, 3.05) is 18.6 Å². The van der Waals surface area contributed by atoms with Crippen LogP contribution in [0.2, 0.25) is 0 Å². The molecule has 0 bridgehead atoms. The highest BCUT2D eigenvalue weighted by molar-refractivity contribution is 6.51. The normalized spacial score (nSPS) is 19.8. The second-order valence-electron chi connectivity index (χ2n) is 9.49. The van der Waals surface area contributed by atoms with E-state index in [2.05, 4.69) is 6.92 Å². The molecule has 1 N–H and O–H groups in total. The maximum atomic E-state index is 13.5. The SMILES string of the molecule is CCOc1cc(C2/C(=C(\O)c3ccc4c(c3)CC(C)O4)C(=O)C(=O)N2c2ccc(CC)cc2)ccc1OC. The van der Waals surface area contributed by atoms with Crippen molar-refractivity contribution in [3.05, 3.63) is 88.5 Å². The van der Waals surface area contributed by atoms with Crippen molar-refractivity contribution >= 4 is 23.1 Å². The number of aliphatic hydroxyl groups is 1. The average molecular weight is 514 g/mol. The monoisotopic (exact) mass is 513 g/mol. The largest absolute Gasteiger partial charge is 0.507 e. The zero-order valence-electron chi connectivity index (χ0n) is 22.0. The molecule has 5 rings (SSSR count). The maximum Gasteiger partial charge on any atom is 0.300 e. The summed E-state index contributed by atoms with van der Waals surface area (Å²) in [6.45, 7) is 6.31. The van der Waals surface area contributed by atoms with Gasteiger partial charge in [0.2, 0.25) is 0 Å². The molecule has 0 radical (unpaired) electrons. The Morgan fingerprint density at radius 1 is 1.03 bits per heavy atom. The number of amides is 1. The number of ether oxygens (including phenoxy) is 3. The number of anilines is 1. The minimum absolute atomic E-state index is 0.0223. The number of benzene rings is 3. The fraction of sp³-hybridized carbons (Fsp3) is 0.290. The van der Waals surface area contributed by atoms with Crippen LogP contribution in [-0.4, -0.2) is 36.6 Å². The Bertz CT molecular complexity index is 1420. The standard InChI is InChI=1S/C31H31NO6/c1-5-19-7-11-23(12-8-19)32-28(20-9-14-25(36-4)26(17-20)37-6-2)27(30(34)31(32)35)29(33)21-10-13-24-22(16-21)15-18(3)38-24/h7-14,16-18,28,33H,5-6,15H2,1-4H3/b29-27+. The summed E-state index contributed by atoms with van der Waals surface area (Å²) in [5.41, 5.74) is 3.73. The molecule has 0 spiro atoms. The van der Waals surface area contributed by atoms with Crippen LogP contribution in [0.5, 0.6) is 17.2 Å². The Balaban J connectivity index is 1.69. The van der Waals surface area contributed by atoms with E-state index in [0.717, 1.165) is 23.3 Å². The second-order valence-corrected chi connectivity index (χ2v) is 9.49. The first kappa shape index (κ1) is 25.4. The number of ketones is 1. The molecule has 196 valence electrons. The molecule has 38 heavy (non-hydrogen) atoms. The molecule has 0 saturated carbocycles. The molecule has 0 aromatic heterocycles. The quantitative estimate of drug-likeness (QED) is 0.251. The van der Waals surface area contributed by atoms with Crippen LogP contribution in [0.25, 0.3) is 5.76 Å². The van der Waals surface area contributed by atoms with Crippen LogP contribution in [-0.2, 0) is 22.4 Å². The van der Waals surface area contributed by atoms with E-state index in [1.165, 1.54) is 4.90 Å². The highest BCUT2D eigenvalue weighted by Gasteiger charge is 2.47. The summed E-state index contributed by atoms with van der Waals surface area (Å²) in [5, 5.41) is 11.5. The maximum absolute atomic E-state index is 13.5. The van der Waals surface area contributed by atoms with Crippen molar-refractivity contribution in [3.63, 3.8) is 0 Å². The summed E-state index contributed by atoms with van der Waals surface area (Å²) in [6, 6.07) is 17.3. The Hall–Kier alpha value is -4.26. The molecule has 2 aliphatic heterocycles. The first-order valence-electron chi connectivity index (χ1n) is 12.9. The summed E-state index contributed by atoms with van der Waals surface area (Å²) < 4.78 is 17.0. The molecule has 7 nitrogen and oxygen atoms in total. The molecule has 1 fully saturated rings. The predicted octanol–water partition coefficient (Wildman–Crippen LogP) is 5.61. The van der Waals surface area contributed by atoms with Gasteiger partial charge >= 0.3 is 0 Å². The van der Waals surface area contributed by atoms with Crippen molar-refractivity contribution in [2.24, 2.45) is 0 Å². The number of methoxy groups -OCH3 is 1. The van der Waals surface area contributed by atoms with Crippen molar-refractivity contribution < 1.29 is 28.9 Å². The Morgan fingerprint density at radius 3 is 2.47 bits per heavy atom. The zero-order chi connectivity index (χ0) is 27.0. The third-order valence-electron chi connectivity index (χ3n) is 7.04. The van der Waals surface area contributed by atoms with Gasteiger partial charge in [-0.15, -0.1) is 0 Å². The molecule has 3 aromatic carbocycles. The second kappa shape index (κ2) is 10.2. The van der Waals surface area contributed by atoms with Gasteiger partial charge in [-0.3, -0.25) is 14.5 Å². The van der Waals surface area contributed by atoms with E-state index < -0.39 is 17.7 Å². The number of hydrogen-bond donors (Lipinski definition) is 1. The first-order valence-corrected chi connectivity index (χ1v) is 12.9. The third-order valence-corrected chi connectivity index (χ3v) is 7.04. The molecule has 1 saturated heterocycles. The Labute approximate surface area is 222 Å². The van der Waals surface area contributed by atoms with Gasteiger partial charge in [0, 0.05) is 17.7 Å². The van der Waals surface area contributed by atoms with E-state index in [1.54, 1.807) is 37.4 Å². The molecule has 3 aromatic rings. The summed E-state index contributed by atoms with van der Waals surface area (Å²) in [7, 11) is 1.55. The molecule has 0 aliphatic carbocycles. The Kier molecular flexibility index (Phi) is 6.85. The van der Waals surface area contributed by atoms with Gasteiger partial charge in [0.05, 0.1) is 25.3 Å². The van der Waals surface area contributed by atoms with Gasteiger partial charge in [-0.05, 0) is 79.4 Å². The first-order chi connectivity index (χ1) is 18.4. The summed E-state index contributed by atoms with van der Waals surface area (Å²) in [5.74, 6) is 0.116. The van der Waals surface area contributed by atoms with Crippen LogP contribution in [0.3, 0.4) is 0 Å². The number of nitrogens with zero attached hydrogens (tertiary/aromatic N) is 1. The zero-order valence-corrected chi connectivity index (χ0v) is 22.0. The van der Waals surface area contributed by atoms with E-state index in [4.69, 9.17) is 14.2 Å². The number of carbonyl (C=O) groups is 2. The highest BCUT2D eigenvalue weighted by atomic mass is 16.5. The Morgan fingerprint density at radius 2 is 1.79 bits per heavy atom. The van der Waals surface area contributed by atoms with Crippen molar-refractivity contribution in [2.45, 2.75) is 45.8 Å². The smallest absolute Gasteiger partial charge is 0.300 e. The van der Waals surface area contributed by atoms with E-state index in [-0.39, 0.29) is 17.4 Å². The number of carbonyl (C=O) groups excluding carboxylic acids is 2. The van der Waals surface area contributed by atoms with Gasteiger partial charge in [0.1, 0.15) is 17.6 Å². The number of aliphatic hydroxyl groups excluding tert-OH is 1. The topological polar surface area (TPSA) is 85.3 Å². The lowest BCUT2D eigenvalue weighted by Gasteiger charge is -2.26. The third kappa shape index (κ3) is 4.38. The predicted molar refractivity (Wildman–Crippen MR) is 145 cm³/mol. The minimum atomic E-state index is -0.865. The highest BCUT2D eigenvalue weighted by Crippen LogP contribution is 2.44. The van der Waals surface area contributed by atoms with E-state index in [9.17, 15) is 14.7 Å². The molecule has 2 atom stereocenters. The van der Waals surface area contributed by atoms with Crippen molar-refractivity contribution in [3.8, 4) is 17.2 Å². The average Bonchev–Trinajstić information content (AvgIpc) is 3.43. The minimum Gasteiger partial charge on any atom is -0.507 e. The van der Waals surface area contributed by atoms with Crippen LogP contribution in [0.4, 0.5) is 5.69 Å². The fourth-order valence-corrected chi connectivity index (χ4v) is 5.16. The van der Waals surface area contributed by atoms with Gasteiger partial charge in [-0.2, -0.15) is 0 Å². The summed E-state index contributed by atoms with van der Waals surface area (Å²) >= 11 is 0. The van der Waals surface area contributed by atoms with Gasteiger partial charge < -0.3 is 19.3 Å². The molecule has 2 aliphatic rings. The van der Waals surface area contributed by atoms with Gasteiger partial charge in [0.15, 0.2) is 11.5 Å². The van der Waals surface area contributed by atoms with Gasteiger partial charge in [-0.1, -0.05) is 25.1 Å². The lowest BCUT2D eigenvalue weighted by molar-refractivity contribution is -0.132. The lowest BCUT2D eigenvalue weighted by atomic mass is 9.94. The van der Waals surface area contributed by atoms with Gasteiger partial charge in [0.25, 0.3) is 11.7 Å². The van der Waals surface area contributed by atoms with Crippen LogP contribution in [0.15, 0.2) is 66.2 Å². The van der Waals surface area contributed by atoms with Crippen LogP contribution >= 0.6 is 0 Å². The molecular formula is C31H31NO6. The number of fused-ring (bicyclic) bond motifs is 1. The van der Waals surface area contributed by atoms with E-state index in [1.807, 2.05) is 44.2 Å². The van der Waals surface area contributed by atoms with E-state index in [0.29, 0.717) is 41.3 Å². The van der Waals surface area contributed by atoms with E-state index >= 15 is 0 Å². The van der Waals surface area contributed by atoms with Crippen LogP contribution in [0.1, 0.15) is 49.1 Å². The van der Waals surface area contributed by atoms with Crippen molar-refractivity contribution in [1.82, 2.24) is 0 Å². The number of hydrogen-bond acceptors (Lipinski definition) is 6. The van der Waals surface area contributed by atoms with Crippen molar-refractivity contribution in [1.29, 1.82) is 0 Å². The fourth-order valence-electron chi connectivity index (χ4n) is 5.16. The number of rotatable bonds is 7. The molecular weight excluding hydrogens is 482 g/mol. The number of Topliss-reactive ketones (excluding diaryl/α,β-unsaturated/α-hetero) is 1. The molecule has 2 unspecified atom stereocenters. The van der Waals surface area contributed by atoms with Gasteiger partial charge in [-0.25, -0.2) is 0 Å².